The van der Waals surface area contributed by atoms with Crippen LogP contribution >= 0.6 is 0 Å². The van der Waals surface area contributed by atoms with Crippen molar-refractivity contribution in [1.29, 1.82) is 5.41 Å². The topological polar surface area (TPSA) is 115 Å². The van der Waals surface area contributed by atoms with E-state index >= 15 is 0 Å². The van der Waals surface area contributed by atoms with Crippen molar-refractivity contribution in [2.24, 2.45) is 5.73 Å². The zero-order valence-corrected chi connectivity index (χ0v) is 9.74. The average Bonchev–Trinajstić information content (AvgIpc) is 2.40. The second-order valence-corrected chi connectivity index (χ2v) is 3.65. The number of pyridine rings is 1. The summed E-state index contributed by atoms with van der Waals surface area (Å²) in [6, 6.07) is 8.84. The highest BCUT2D eigenvalue weighted by Crippen LogP contribution is 2.22. The summed E-state index contributed by atoms with van der Waals surface area (Å²) in [6.45, 7) is 0. The van der Waals surface area contributed by atoms with Crippen LogP contribution in [0.25, 0.3) is 0 Å². The Kier molecular flexibility index (Phi) is 3.37. The first-order chi connectivity index (χ1) is 9.06. The number of hydrogen-bond donors (Lipinski definition) is 2. The van der Waals surface area contributed by atoms with Crippen LogP contribution in [0.5, 0.6) is 11.6 Å². The number of rotatable bonds is 4. The van der Waals surface area contributed by atoms with Crippen molar-refractivity contribution in [3.63, 3.8) is 0 Å². The highest BCUT2D eigenvalue weighted by Gasteiger charge is 2.05. The number of hydrogen-bond acceptors (Lipinski definition) is 5. The Bertz CT molecular complexity index is 552. The highest BCUT2D eigenvalue weighted by molar-refractivity contribution is 5.94. The third-order valence-corrected chi connectivity index (χ3v) is 2.32. The Hall–Kier alpha value is -2.96. The lowest BCUT2D eigenvalue weighted by Gasteiger charge is -2.04. The van der Waals surface area contributed by atoms with Crippen LogP contribution in [-0.4, -0.2) is 15.7 Å². The van der Waals surface area contributed by atoms with E-state index in [1.807, 2.05) is 0 Å². The molecule has 0 bridgehead atoms. The first kappa shape index (κ1) is 12.5. The van der Waals surface area contributed by atoms with Gasteiger partial charge in [0, 0.05) is 30.0 Å². The van der Waals surface area contributed by atoms with E-state index in [1.165, 1.54) is 30.5 Å². The molecule has 1 aromatic carbocycles. The molecule has 2 rings (SSSR count). The van der Waals surface area contributed by atoms with E-state index in [0.29, 0.717) is 17.2 Å². The molecule has 0 aliphatic rings. The molecule has 0 radical (unpaired) electrons. The minimum Gasteiger partial charge on any atom is -0.439 e. The number of benzene rings is 1. The molecule has 0 amide bonds. The predicted molar refractivity (Wildman–Crippen MR) is 68.4 cm³/mol. The Morgan fingerprint density at radius 2 is 1.95 bits per heavy atom. The summed E-state index contributed by atoms with van der Waals surface area (Å²) >= 11 is 0. The summed E-state index contributed by atoms with van der Waals surface area (Å²) < 4.78 is 5.40. The lowest BCUT2D eigenvalue weighted by atomic mass is 10.2. The minimum atomic E-state index is -0.482. The molecule has 0 aliphatic carbocycles. The summed E-state index contributed by atoms with van der Waals surface area (Å²) in [4.78, 5) is 14.0. The molecule has 0 atom stereocenters. The van der Waals surface area contributed by atoms with Gasteiger partial charge in [-0.3, -0.25) is 15.5 Å². The quantitative estimate of drug-likeness (QED) is 0.377. The van der Waals surface area contributed by atoms with Crippen LogP contribution in [0.1, 0.15) is 5.56 Å². The number of non-ortho nitro benzene ring substituents is 1. The number of nitrogens with two attached hydrogens (primary N) is 1. The van der Waals surface area contributed by atoms with Gasteiger partial charge in [0.15, 0.2) is 0 Å². The molecule has 0 saturated carbocycles. The van der Waals surface area contributed by atoms with Gasteiger partial charge in [-0.2, -0.15) is 0 Å². The third-order valence-electron chi connectivity index (χ3n) is 2.32. The number of nitrogens with one attached hydrogen (secondary N) is 1. The molecule has 1 aromatic heterocycles. The van der Waals surface area contributed by atoms with E-state index in [1.54, 1.807) is 12.1 Å². The van der Waals surface area contributed by atoms with E-state index in [2.05, 4.69) is 4.98 Å². The number of nitrogens with zero attached hydrogens (tertiary/aromatic N) is 2. The number of aromatic nitrogens is 1. The van der Waals surface area contributed by atoms with Crippen molar-refractivity contribution < 1.29 is 9.66 Å². The molecule has 19 heavy (non-hydrogen) atoms. The van der Waals surface area contributed by atoms with Gasteiger partial charge in [0.2, 0.25) is 5.88 Å². The van der Waals surface area contributed by atoms with Crippen LogP contribution in [-0.2, 0) is 0 Å². The van der Waals surface area contributed by atoms with Crippen molar-refractivity contribution in [3.05, 3.63) is 58.3 Å². The maximum Gasteiger partial charge on any atom is 0.269 e. The second kappa shape index (κ2) is 5.13. The monoisotopic (exact) mass is 258 g/mol. The molecule has 3 N–H and O–H groups in total. The van der Waals surface area contributed by atoms with Gasteiger partial charge in [-0.1, -0.05) is 0 Å². The van der Waals surface area contributed by atoms with Crippen molar-refractivity contribution in [1.82, 2.24) is 4.98 Å². The van der Waals surface area contributed by atoms with E-state index in [-0.39, 0.29) is 11.5 Å². The van der Waals surface area contributed by atoms with Crippen LogP contribution in [0.4, 0.5) is 5.69 Å². The summed E-state index contributed by atoms with van der Waals surface area (Å²) in [6.07, 6.45) is 1.42. The number of nitrogen functional groups attached to an aromatic ring is 1. The van der Waals surface area contributed by atoms with Crippen LogP contribution in [0.2, 0.25) is 0 Å². The maximum atomic E-state index is 10.5. The lowest BCUT2D eigenvalue weighted by Crippen LogP contribution is -2.11. The van der Waals surface area contributed by atoms with Gasteiger partial charge >= 0.3 is 0 Å². The molecular formula is C12H10N4O3. The Morgan fingerprint density at radius 3 is 2.42 bits per heavy atom. The van der Waals surface area contributed by atoms with Gasteiger partial charge in [-0.15, -0.1) is 0 Å². The fourth-order valence-corrected chi connectivity index (χ4v) is 1.36. The Morgan fingerprint density at radius 1 is 1.26 bits per heavy atom. The van der Waals surface area contributed by atoms with Gasteiger partial charge in [0.1, 0.15) is 11.6 Å². The van der Waals surface area contributed by atoms with Gasteiger partial charge in [-0.25, -0.2) is 4.98 Å². The van der Waals surface area contributed by atoms with Crippen molar-refractivity contribution in [2.75, 3.05) is 0 Å². The fourth-order valence-electron chi connectivity index (χ4n) is 1.36. The Balaban J connectivity index is 2.12. The highest BCUT2D eigenvalue weighted by atomic mass is 16.6. The molecule has 2 aromatic rings. The minimum absolute atomic E-state index is 0.00719. The molecule has 0 unspecified atom stereocenters. The van der Waals surface area contributed by atoms with Gasteiger partial charge < -0.3 is 10.5 Å². The zero-order chi connectivity index (χ0) is 13.8. The third kappa shape index (κ3) is 3.03. The van der Waals surface area contributed by atoms with E-state index in [4.69, 9.17) is 15.9 Å². The molecule has 7 nitrogen and oxygen atoms in total. The number of nitro groups is 1. The van der Waals surface area contributed by atoms with Crippen molar-refractivity contribution in [2.45, 2.75) is 0 Å². The molecule has 0 spiro atoms. The van der Waals surface area contributed by atoms with Crippen LogP contribution < -0.4 is 10.5 Å². The van der Waals surface area contributed by atoms with Crippen LogP contribution in [0.3, 0.4) is 0 Å². The van der Waals surface area contributed by atoms with Crippen molar-refractivity contribution >= 4 is 11.5 Å². The Labute approximate surface area is 108 Å². The summed E-state index contributed by atoms with van der Waals surface area (Å²) in [5.74, 6) is 0.682. The molecule has 7 heteroatoms. The van der Waals surface area contributed by atoms with Crippen LogP contribution in [0, 0.1) is 15.5 Å². The first-order valence-corrected chi connectivity index (χ1v) is 5.29. The van der Waals surface area contributed by atoms with E-state index in [9.17, 15) is 10.1 Å². The van der Waals surface area contributed by atoms with Crippen molar-refractivity contribution in [3.8, 4) is 11.6 Å². The molecule has 0 fully saturated rings. The smallest absolute Gasteiger partial charge is 0.269 e. The molecule has 96 valence electrons. The predicted octanol–water partition coefficient (Wildman–Crippen LogP) is 2.07. The molecule has 0 aliphatic heterocycles. The summed E-state index contributed by atoms with van der Waals surface area (Å²) in [7, 11) is 0. The van der Waals surface area contributed by atoms with Gasteiger partial charge in [0.25, 0.3) is 5.69 Å². The number of amidine groups is 1. The zero-order valence-electron chi connectivity index (χ0n) is 9.74. The summed E-state index contributed by atoms with van der Waals surface area (Å²) in [5.41, 5.74) is 5.79. The SMILES string of the molecule is N=C(N)c1ccc(Oc2ccc([N+](=O)[O-])cc2)nc1. The molecule has 0 saturated heterocycles. The van der Waals surface area contributed by atoms with E-state index in [0.717, 1.165) is 0 Å². The standard InChI is InChI=1S/C12H10N4O3/c13-12(14)8-1-6-11(15-7-8)19-10-4-2-9(3-5-10)16(17)18/h1-7H,(H3,13,14). The number of ether oxygens (including phenoxy) is 1. The second-order valence-electron chi connectivity index (χ2n) is 3.65. The van der Waals surface area contributed by atoms with Crippen LogP contribution in [0.15, 0.2) is 42.6 Å². The van der Waals surface area contributed by atoms with Gasteiger partial charge in [0.05, 0.1) is 4.92 Å². The normalized spacial score (nSPS) is 9.89. The fraction of sp³-hybridized carbons (Fsp3) is 0. The van der Waals surface area contributed by atoms with Gasteiger partial charge in [-0.05, 0) is 18.2 Å². The molecular weight excluding hydrogens is 248 g/mol. The maximum absolute atomic E-state index is 10.5. The largest absolute Gasteiger partial charge is 0.439 e. The molecule has 1 heterocycles. The number of nitro benzene ring substituents is 1. The van der Waals surface area contributed by atoms with E-state index < -0.39 is 4.92 Å². The average molecular weight is 258 g/mol. The lowest BCUT2D eigenvalue weighted by molar-refractivity contribution is -0.384. The first-order valence-electron chi connectivity index (χ1n) is 5.29. The summed E-state index contributed by atoms with van der Waals surface area (Å²) in [5, 5.41) is 17.7.